The first-order valence-electron chi connectivity index (χ1n) is 13.5. The van der Waals surface area contributed by atoms with Crippen molar-refractivity contribution in [3.05, 3.63) is 89.5 Å². The van der Waals surface area contributed by atoms with Crippen LogP contribution in [0.3, 0.4) is 0 Å². The molecule has 1 amide bonds. The molecule has 9 nitrogen and oxygen atoms in total. The fourth-order valence-corrected chi connectivity index (χ4v) is 4.99. The van der Waals surface area contributed by atoms with E-state index in [1.807, 2.05) is 66.4 Å². The average molecular weight is 616 g/mol. The molecule has 0 unspecified atom stereocenters. The molecule has 42 heavy (non-hydrogen) atoms. The third kappa shape index (κ3) is 9.65. The van der Waals surface area contributed by atoms with Gasteiger partial charge in [-0.05, 0) is 73.2 Å². The number of benzene rings is 3. The van der Waals surface area contributed by atoms with Crippen LogP contribution in [0.4, 0.5) is 11.4 Å². The molecule has 4 rings (SSSR count). The number of rotatable bonds is 11. The monoisotopic (exact) mass is 614 g/mol. The van der Waals surface area contributed by atoms with Crippen molar-refractivity contribution in [3.63, 3.8) is 0 Å². The number of ether oxygens (including phenoxy) is 1. The summed E-state index contributed by atoms with van der Waals surface area (Å²) >= 11 is 0. The Kier molecular flexibility index (Phi) is 13.6. The molecular weight excluding hydrogens is 575 g/mol. The Morgan fingerprint density at radius 2 is 1.74 bits per heavy atom. The highest BCUT2D eigenvalue weighted by molar-refractivity contribution is 5.97. The van der Waals surface area contributed by atoms with Gasteiger partial charge in [0.1, 0.15) is 18.2 Å². The zero-order valence-corrected chi connectivity index (χ0v) is 25.3. The Hall–Kier alpha value is -3.79. The van der Waals surface area contributed by atoms with Crippen molar-refractivity contribution in [1.82, 2.24) is 4.90 Å². The highest BCUT2D eigenvalue weighted by Crippen LogP contribution is 2.29. The molecule has 11 heteroatoms. The van der Waals surface area contributed by atoms with Gasteiger partial charge in [-0.15, -0.1) is 24.8 Å². The molecule has 0 radical (unpaired) electrons. The summed E-state index contributed by atoms with van der Waals surface area (Å²) < 4.78 is 5.56. The van der Waals surface area contributed by atoms with Crippen LogP contribution in [0.15, 0.2) is 72.8 Å². The molecule has 1 aliphatic heterocycles. The third-order valence-electron chi connectivity index (χ3n) is 7.12. The number of nitrogens with one attached hydrogen (secondary N) is 3. The summed E-state index contributed by atoms with van der Waals surface area (Å²) in [5.41, 5.74) is 10.0. The first-order chi connectivity index (χ1) is 19.3. The van der Waals surface area contributed by atoms with Crippen LogP contribution in [0, 0.1) is 10.8 Å². The van der Waals surface area contributed by atoms with Gasteiger partial charge in [0.15, 0.2) is 0 Å². The second-order valence-electron chi connectivity index (χ2n) is 10.1. The molecule has 226 valence electrons. The largest absolute Gasteiger partial charge is 0.491 e. The van der Waals surface area contributed by atoms with Crippen molar-refractivity contribution in [3.8, 4) is 5.75 Å². The summed E-state index contributed by atoms with van der Waals surface area (Å²) in [5, 5.41) is 27.8. The predicted molar refractivity (Wildman–Crippen MR) is 174 cm³/mol. The maximum Gasteiger partial charge on any atom is 0.243 e. The number of hydrogen-bond acceptors (Lipinski definition) is 6. The Balaban J connectivity index is 0.00000308. The number of carbonyl (C=O) groups excluding carboxylic acids is 1. The lowest BCUT2D eigenvalue weighted by Gasteiger charge is -2.33. The van der Waals surface area contributed by atoms with E-state index in [1.54, 1.807) is 6.07 Å². The van der Waals surface area contributed by atoms with Crippen LogP contribution in [0.1, 0.15) is 42.4 Å². The zero-order valence-electron chi connectivity index (χ0n) is 23.7. The molecule has 1 heterocycles. The van der Waals surface area contributed by atoms with Crippen molar-refractivity contribution in [2.75, 3.05) is 43.1 Å². The molecule has 1 saturated heterocycles. The third-order valence-corrected chi connectivity index (χ3v) is 7.12. The van der Waals surface area contributed by atoms with E-state index >= 15 is 0 Å². The molecule has 0 saturated carbocycles. The van der Waals surface area contributed by atoms with E-state index in [1.165, 1.54) is 5.56 Å². The minimum atomic E-state index is -0.163. The van der Waals surface area contributed by atoms with Crippen molar-refractivity contribution < 1.29 is 14.6 Å². The van der Waals surface area contributed by atoms with Crippen molar-refractivity contribution >= 4 is 53.8 Å². The van der Waals surface area contributed by atoms with E-state index in [4.69, 9.17) is 26.4 Å². The number of piperidine rings is 1. The van der Waals surface area contributed by atoms with Crippen LogP contribution in [-0.4, -0.2) is 60.4 Å². The van der Waals surface area contributed by atoms with Gasteiger partial charge in [-0.25, -0.2) is 0 Å². The quantitative estimate of drug-likeness (QED) is 0.152. The van der Waals surface area contributed by atoms with Crippen molar-refractivity contribution in [2.45, 2.75) is 32.2 Å². The number of carbonyl (C=O) groups is 1. The Morgan fingerprint density at radius 3 is 2.38 bits per heavy atom. The van der Waals surface area contributed by atoms with E-state index in [0.29, 0.717) is 29.6 Å². The van der Waals surface area contributed by atoms with Gasteiger partial charge in [0.25, 0.3) is 0 Å². The lowest BCUT2D eigenvalue weighted by molar-refractivity contribution is -0.115. The lowest BCUT2D eigenvalue weighted by atomic mass is 9.89. The Labute approximate surface area is 259 Å². The van der Waals surface area contributed by atoms with Crippen LogP contribution in [0.5, 0.6) is 5.75 Å². The zero-order chi connectivity index (χ0) is 28.5. The number of nitrogens with zero attached hydrogens (tertiary/aromatic N) is 2. The standard InChI is InChI=1S/C31H38N6O3.2ClH/c1-22(32)36-14-12-25(13-15-36)24-8-10-27(11-9-24)35-30(39)21-37(28-6-3-5-26(19-28)31(33)34)20-23-4-2-7-29(18-23)40-17-16-38;;/h2-11,18-19,25,32,38H,12-17,20-21H2,1H3,(H3,33,34)(H,35,39);2*1H. The maximum absolute atomic E-state index is 13.2. The number of halogens is 2. The van der Waals surface area contributed by atoms with E-state index < -0.39 is 0 Å². The van der Waals surface area contributed by atoms with Crippen LogP contribution < -0.4 is 20.7 Å². The molecule has 3 aromatic carbocycles. The minimum Gasteiger partial charge on any atom is -0.491 e. The lowest BCUT2D eigenvalue weighted by Crippen LogP contribution is -2.36. The van der Waals surface area contributed by atoms with Crippen molar-refractivity contribution in [1.29, 1.82) is 10.8 Å². The van der Waals surface area contributed by atoms with Gasteiger partial charge in [-0.2, -0.15) is 0 Å². The molecule has 0 aromatic heterocycles. The number of aliphatic hydroxyl groups is 1. The van der Waals surface area contributed by atoms with E-state index in [2.05, 4.69) is 22.3 Å². The number of amides is 1. The first-order valence-corrected chi connectivity index (χ1v) is 13.5. The maximum atomic E-state index is 13.2. The molecule has 1 fully saturated rings. The number of hydrogen-bond donors (Lipinski definition) is 5. The molecule has 1 aliphatic rings. The van der Waals surface area contributed by atoms with Gasteiger partial charge in [-0.3, -0.25) is 15.6 Å². The summed E-state index contributed by atoms with van der Waals surface area (Å²) in [4.78, 5) is 17.2. The number of nitrogens with two attached hydrogens (primary N) is 1. The SMILES string of the molecule is CC(=N)N1CCC(c2ccc(NC(=O)CN(Cc3cccc(OCCO)c3)c3cccc(C(=N)N)c3)cc2)CC1.Cl.Cl. The van der Waals surface area contributed by atoms with Crippen LogP contribution >= 0.6 is 24.8 Å². The molecule has 0 bridgehead atoms. The predicted octanol–water partition coefficient (Wildman–Crippen LogP) is 5.01. The molecule has 6 N–H and O–H groups in total. The summed E-state index contributed by atoms with van der Waals surface area (Å²) in [5.74, 6) is 1.53. The van der Waals surface area contributed by atoms with Gasteiger partial charge >= 0.3 is 0 Å². The fraction of sp³-hybridized carbons (Fsp3) is 0.323. The topological polar surface area (TPSA) is 139 Å². The van der Waals surface area contributed by atoms with Gasteiger partial charge in [-0.1, -0.05) is 36.4 Å². The Bertz CT molecular complexity index is 1330. The number of amidine groups is 2. The molecule has 0 aliphatic carbocycles. The van der Waals surface area contributed by atoms with E-state index in [9.17, 15) is 4.79 Å². The first kappa shape index (κ1) is 34.4. The number of likely N-dealkylation sites (tertiary alicyclic amines) is 1. The highest BCUT2D eigenvalue weighted by Gasteiger charge is 2.21. The van der Waals surface area contributed by atoms with Gasteiger partial charge in [0, 0.05) is 36.6 Å². The fourth-order valence-electron chi connectivity index (χ4n) is 4.99. The molecular formula is C31H40Cl2N6O3. The van der Waals surface area contributed by atoms with E-state index in [-0.39, 0.29) is 56.3 Å². The van der Waals surface area contributed by atoms with Crippen LogP contribution in [0.25, 0.3) is 0 Å². The summed E-state index contributed by atoms with van der Waals surface area (Å²) in [6.45, 7) is 4.29. The average Bonchev–Trinajstić information content (AvgIpc) is 2.96. The summed E-state index contributed by atoms with van der Waals surface area (Å²) in [7, 11) is 0. The summed E-state index contributed by atoms with van der Waals surface area (Å²) in [6, 6.07) is 22.9. The number of anilines is 2. The second-order valence-corrected chi connectivity index (χ2v) is 10.1. The van der Waals surface area contributed by atoms with Crippen LogP contribution in [0.2, 0.25) is 0 Å². The smallest absolute Gasteiger partial charge is 0.243 e. The normalized spacial score (nSPS) is 12.9. The molecule has 3 aromatic rings. The number of nitrogen functional groups attached to an aromatic ring is 1. The second kappa shape index (κ2) is 16.6. The van der Waals surface area contributed by atoms with Crippen LogP contribution in [-0.2, 0) is 11.3 Å². The van der Waals surface area contributed by atoms with E-state index in [0.717, 1.165) is 42.9 Å². The number of aliphatic hydroxyl groups excluding tert-OH is 1. The summed E-state index contributed by atoms with van der Waals surface area (Å²) in [6.07, 6.45) is 2.03. The van der Waals surface area contributed by atoms with Gasteiger partial charge in [0.2, 0.25) is 5.91 Å². The molecule has 0 atom stereocenters. The highest BCUT2D eigenvalue weighted by atomic mass is 35.5. The van der Waals surface area contributed by atoms with Crippen molar-refractivity contribution in [2.24, 2.45) is 5.73 Å². The van der Waals surface area contributed by atoms with Gasteiger partial charge in [0.05, 0.1) is 19.0 Å². The minimum absolute atomic E-state index is 0. The van der Waals surface area contributed by atoms with Gasteiger partial charge < -0.3 is 30.7 Å². The molecule has 0 spiro atoms. The Morgan fingerprint density at radius 1 is 1.05 bits per heavy atom.